The highest BCUT2D eigenvalue weighted by Gasteiger charge is 2.16. The Labute approximate surface area is 156 Å². The Balaban J connectivity index is 2.15. The van der Waals surface area contributed by atoms with Crippen LogP contribution in [0.15, 0.2) is 40.9 Å². The third-order valence-electron chi connectivity index (χ3n) is 4.10. The Morgan fingerprint density at radius 3 is 2.67 bits per heavy atom. The van der Waals surface area contributed by atoms with E-state index in [2.05, 4.69) is 42.0 Å². The zero-order chi connectivity index (χ0) is 17.7. The van der Waals surface area contributed by atoms with E-state index >= 15 is 0 Å². The van der Waals surface area contributed by atoms with Crippen molar-refractivity contribution < 1.29 is 9.13 Å². The SMILES string of the molecule is CCC(C)(C)NCc1cc(Br)ccc1OCc1c(F)cccc1Cl. The minimum absolute atomic E-state index is 0.0361. The predicted octanol–water partition coefficient (Wildman–Crippen LogP) is 6.10. The Bertz CT molecular complexity index is 686. The molecule has 0 saturated heterocycles. The van der Waals surface area contributed by atoms with Gasteiger partial charge in [-0.05, 0) is 50.6 Å². The lowest BCUT2D eigenvalue weighted by molar-refractivity contribution is 0.293. The molecular formula is C19H22BrClFNO. The topological polar surface area (TPSA) is 21.3 Å². The van der Waals surface area contributed by atoms with Crippen molar-refractivity contribution in [2.45, 2.75) is 45.9 Å². The summed E-state index contributed by atoms with van der Waals surface area (Å²) in [6.45, 7) is 7.22. The van der Waals surface area contributed by atoms with Gasteiger partial charge < -0.3 is 10.1 Å². The van der Waals surface area contributed by atoms with Gasteiger partial charge in [0.15, 0.2) is 0 Å². The Morgan fingerprint density at radius 1 is 1.25 bits per heavy atom. The van der Waals surface area contributed by atoms with Gasteiger partial charge in [-0.15, -0.1) is 0 Å². The fourth-order valence-electron chi connectivity index (χ4n) is 2.11. The molecule has 0 aliphatic rings. The highest BCUT2D eigenvalue weighted by atomic mass is 79.9. The average Bonchev–Trinajstić information content (AvgIpc) is 2.54. The maximum Gasteiger partial charge on any atom is 0.131 e. The molecule has 2 aromatic rings. The van der Waals surface area contributed by atoms with Gasteiger partial charge in [-0.25, -0.2) is 4.39 Å². The third kappa shape index (κ3) is 5.20. The second-order valence-corrected chi connectivity index (χ2v) is 7.65. The van der Waals surface area contributed by atoms with Gasteiger partial charge in [-0.2, -0.15) is 0 Å². The van der Waals surface area contributed by atoms with E-state index in [4.69, 9.17) is 16.3 Å². The first-order valence-electron chi connectivity index (χ1n) is 7.91. The zero-order valence-electron chi connectivity index (χ0n) is 14.1. The van der Waals surface area contributed by atoms with Crippen LogP contribution in [0.1, 0.15) is 38.3 Å². The molecule has 0 saturated carbocycles. The molecule has 2 aromatic carbocycles. The molecule has 0 heterocycles. The van der Waals surface area contributed by atoms with Gasteiger partial charge in [0.1, 0.15) is 18.2 Å². The molecule has 0 amide bonds. The smallest absolute Gasteiger partial charge is 0.131 e. The van der Waals surface area contributed by atoms with Crippen molar-refractivity contribution in [3.63, 3.8) is 0 Å². The molecule has 0 atom stereocenters. The standard InChI is InChI=1S/C19H22BrClFNO/c1-4-19(2,3)23-11-13-10-14(20)8-9-18(13)24-12-15-16(21)6-5-7-17(15)22/h5-10,23H,4,11-12H2,1-3H3. The molecule has 0 unspecified atom stereocenters. The normalized spacial score (nSPS) is 11.6. The van der Waals surface area contributed by atoms with Crippen LogP contribution in [-0.4, -0.2) is 5.54 Å². The maximum atomic E-state index is 13.9. The van der Waals surface area contributed by atoms with Gasteiger partial charge in [0, 0.05) is 27.7 Å². The van der Waals surface area contributed by atoms with Gasteiger partial charge in [0.05, 0.1) is 5.02 Å². The van der Waals surface area contributed by atoms with Gasteiger partial charge in [-0.1, -0.05) is 40.5 Å². The van der Waals surface area contributed by atoms with Crippen molar-refractivity contribution in [3.8, 4) is 5.75 Å². The van der Waals surface area contributed by atoms with E-state index in [1.807, 2.05) is 18.2 Å². The first-order chi connectivity index (χ1) is 11.3. The Kier molecular flexibility index (Phi) is 6.67. The molecule has 0 aromatic heterocycles. The Morgan fingerprint density at radius 2 is 2.00 bits per heavy atom. The highest BCUT2D eigenvalue weighted by Crippen LogP contribution is 2.27. The van der Waals surface area contributed by atoms with Crippen molar-refractivity contribution in [2.24, 2.45) is 0 Å². The summed E-state index contributed by atoms with van der Waals surface area (Å²) in [5.74, 6) is 0.364. The van der Waals surface area contributed by atoms with Crippen LogP contribution in [0.25, 0.3) is 0 Å². The van der Waals surface area contributed by atoms with E-state index < -0.39 is 0 Å². The van der Waals surface area contributed by atoms with Gasteiger partial charge in [0.2, 0.25) is 0 Å². The summed E-state index contributed by atoms with van der Waals surface area (Å²) in [5.41, 5.74) is 1.42. The van der Waals surface area contributed by atoms with Crippen LogP contribution in [0.3, 0.4) is 0 Å². The number of rotatable bonds is 7. The van der Waals surface area contributed by atoms with Crippen LogP contribution in [0.4, 0.5) is 4.39 Å². The number of ether oxygens (including phenoxy) is 1. The first kappa shape index (κ1) is 19.2. The lowest BCUT2D eigenvalue weighted by Gasteiger charge is -2.25. The first-order valence-corrected chi connectivity index (χ1v) is 9.08. The number of benzene rings is 2. The molecule has 0 aliphatic heterocycles. The van der Waals surface area contributed by atoms with E-state index in [1.54, 1.807) is 12.1 Å². The van der Waals surface area contributed by atoms with Crippen molar-refractivity contribution in [1.82, 2.24) is 5.32 Å². The second kappa shape index (κ2) is 8.32. The summed E-state index contributed by atoms with van der Waals surface area (Å²) >= 11 is 9.55. The van der Waals surface area contributed by atoms with Gasteiger partial charge in [0.25, 0.3) is 0 Å². The molecule has 5 heteroatoms. The summed E-state index contributed by atoms with van der Waals surface area (Å²) in [5, 5.41) is 3.89. The van der Waals surface area contributed by atoms with Crippen LogP contribution in [0.2, 0.25) is 5.02 Å². The van der Waals surface area contributed by atoms with Crippen molar-refractivity contribution in [1.29, 1.82) is 0 Å². The molecule has 1 N–H and O–H groups in total. The molecule has 130 valence electrons. The second-order valence-electron chi connectivity index (χ2n) is 6.33. The zero-order valence-corrected chi connectivity index (χ0v) is 16.5. The Hall–Kier alpha value is -1.10. The predicted molar refractivity (Wildman–Crippen MR) is 101 cm³/mol. The van der Waals surface area contributed by atoms with Crippen molar-refractivity contribution in [3.05, 3.63) is 62.8 Å². The van der Waals surface area contributed by atoms with Crippen LogP contribution in [0.5, 0.6) is 5.75 Å². The van der Waals surface area contributed by atoms with E-state index in [0.29, 0.717) is 17.1 Å². The molecule has 2 rings (SSSR count). The minimum Gasteiger partial charge on any atom is -0.488 e. The summed E-state index contributed by atoms with van der Waals surface area (Å²) in [6.07, 6.45) is 1.02. The molecule has 0 radical (unpaired) electrons. The summed E-state index contributed by atoms with van der Waals surface area (Å²) in [6, 6.07) is 10.4. The van der Waals surface area contributed by atoms with Gasteiger partial charge >= 0.3 is 0 Å². The summed E-state index contributed by atoms with van der Waals surface area (Å²) in [4.78, 5) is 0. The molecule has 0 spiro atoms. The fraction of sp³-hybridized carbons (Fsp3) is 0.368. The molecule has 0 fully saturated rings. The van der Waals surface area contributed by atoms with E-state index in [0.717, 1.165) is 22.2 Å². The minimum atomic E-state index is -0.355. The lowest BCUT2D eigenvalue weighted by Crippen LogP contribution is -2.37. The number of hydrogen-bond acceptors (Lipinski definition) is 2. The fourth-order valence-corrected chi connectivity index (χ4v) is 2.73. The van der Waals surface area contributed by atoms with E-state index in [-0.39, 0.29) is 18.0 Å². The van der Waals surface area contributed by atoms with Crippen LogP contribution >= 0.6 is 27.5 Å². The van der Waals surface area contributed by atoms with Crippen LogP contribution in [-0.2, 0) is 13.2 Å². The molecule has 24 heavy (non-hydrogen) atoms. The summed E-state index contributed by atoms with van der Waals surface area (Å²) < 4.78 is 20.7. The van der Waals surface area contributed by atoms with Crippen molar-refractivity contribution in [2.75, 3.05) is 0 Å². The number of halogens is 3. The number of nitrogens with one attached hydrogen (secondary N) is 1. The lowest BCUT2D eigenvalue weighted by atomic mass is 10.0. The highest BCUT2D eigenvalue weighted by molar-refractivity contribution is 9.10. The monoisotopic (exact) mass is 413 g/mol. The van der Waals surface area contributed by atoms with E-state index in [1.165, 1.54) is 6.07 Å². The maximum absolute atomic E-state index is 13.9. The van der Waals surface area contributed by atoms with Crippen LogP contribution < -0.4 is 10.1 Å². The largest absolute Gasteiger partial charge is 0.488 e. The molecule has 2 nitrogen and oxygen atoms in total. The van der Waals surface area contributed by atoms with Crippen molar-refractivity contribution >= 4 is 27.5 Å². The van der Waals surface area contributed by atoms with Gasteiger partial charge in [-0.3, -0.25) is 0 Å². The summed E-state index contributed by atoms with van der Waals surface area (Å²) in [7, 11) is 0. The number of hydrogen-bond donors (Lipinski definition) is 1. The third-order valence-corrected chi connectivity index (χ3v) is 4.94. The molecule has 0 aliphatic carbocycles. The molecule has 0 bridgehead atoms. The average molecular weight is 415 g/mol. The quantitative estimate of drug-likeness (QED) is 0.591. The van der Waals surface area contributed by atoms with E-state index in [9.17, 15) is 4.39 Å². The molecular weight excluding hydrogens is 393 g/mol. The van der Waals surface area contributed by atoms with Crippen LogP contribution in [0, 0.1) is 5.82 Å².